The van der Waals surface area contributed by atoms with Gasteiger partial charge in [0.25, 0.3) is 0 Å². The van der Waals surface area contributed by atoms with Crippen LogP contribution in [0.3, 0.4) is 0 Å². The molecular weight excluding hydrogens is 314 g/mol. The molecule has 0 bridgehead atoms. The van der Waals surface area contributed by atoms with Gasteiger partial charge in [-0.1, -0.05) is 18.2 Å². The van der Waals surface area contributed by atoms with Crippen LogP contribution in [0, 0.1) is 0 Å². The SMILES string of the molecule is CC(=O)N1CCCN(C2CCOCC2)CCCNCc2ccccc21. The summed E-state index contributed by atoms with van der Waals surface area (Å²) in [4.78, 5) is 16.8. The number of fused-ring (bicyclic) bond motifs is 1. The lowest BCUT2D eigenvalue weighted by Crippen LogP contribution is -2.43. The first-order chi connectivity index (χ1) is 12.3. The number of rotatable bonds is 1. The summed E-state index contributed by atoms with van der Waals surface area (Å²) < 4.78 is 5.52. The number of ether oxygens (including phenoxy) is 1. The Morgan fingerprint density at radius 1 is 1.12 bits per heavy atom. The molecule has 5 nitrogen and oxygen atoms in total. The van der Waals surface area contributed by atoms with Crippen LogP contribution in [-0.4, -0.2) is 56.2 Å². The average Bonchev–Trinajstić information content (AvgIpc) is 2.63. The first kappa shape index (κ1) is 18.4. The Hall–Kier alpha value is -1.43. The molecule has 1 aromatic rings. The van der Waals surface area contributed by atoms with Crippen molar-refractivity contribution in [3.63, 3.8) is 0 Å². The summed E-state index contributed by atoms with van der Waals surface area (Å²) in [5, 5.41) is 3.55. The van der Waals surface area contributed by atoms with Crippen molar-refractivity contribution in [1.82, 2.24) is 10.2 Å². The van der Waals surface area contributed by atoms with Crippen LogP contribution in [0.1, 0.15) is 38.2 Å². The van der Waals surface area contributed by atoms with Gasteiger partial charge in [-0.15, -0.1) is 0 Å². The Balaban J connectivity index is 1.72. The molecule has 0 radical (unpaired) electrons. The van der Waals surface area contributed by atoms with Crippen LogP contribution in [0.4, 0.5) is 5.69 Å². The zero-order valence-corrected chi connectivity index (χ0v) is 15.4. The zero-order valence-electron chi connectivity index (χ0n) is 15.4. The van der Waals surface area contributed by atoms with E-state index in [2.05, 4.69) is 28.4 Å². The fourth-order valence-corrected chi connectivity index (χ4v) is 3.96. The third kappa shape index (κ3) is 5.03. The Labute approximate surface area is 151 Å². The number of hydrogen-bond donors (Lipinski definition) is 1. The van der Waals surface area contributed by atoms with E-state index in [4.69, 9.17) is 4.74 Å². The minimum absolute atomic E-state index is 0.127. The van der Waals surface area contributed by atoms with Crippen molar-refractivity contribution in [3.8, 4) is 0 Å². The predicted octanol–water partition coefficient (Wildman–Crippen LogP) is 2.40. The van der Waals surface area contributed by atoms with Crippen LogP contribution in [0.25, 0.3) is 0 Å². The lowest BCUT2D eigenvalue weighted by molar-refractivity contribution is -0.116. The van der Waals surface area contributed by atoms with Crippen LogP contribution in [-0.2, 0) is 16.1 Å². The molecule has 3 rings (SSSR count). The normalized spacial score (nSPS) is 21.9. The van der Waals surface area contributed by atoms with Crippen LogP contribution in [0.2, 0.25) is 0 Å². The zero-order chi connectivity index (χ0) is 17.5. The second kappa shape index (κ2) is 9.32. The Morgan fingerprint density at radius 3 is 2.68 bits per heavy atom. The average molecular weight is 345 g/mol. The summed E-state index contributed by atoms with van der Waals surface area (Å²) in [6.45, 7) is 8.22. The third-order valence-electron chi connectivity index (χ3n) is 5.31. The quantitative estimate of drug-likeness (QED) is 0.849. The van der Waals surface area contributed by atoms with Crippen molar-refractivity contribution in [1.29, 1.82) is 0 Å². The molecule has 0 unspecified atom stereocenters. The topological polar surface area (TPSA) is 44.8 Å². The number of nitrogens with one attached hydrogen (secondary N) is 1. The molecule has 138 valence electrons. The monoisotopic (exact) mass is 345 g/mol. The van der Waals surface area contributed by atoms with Gasteiger partial charge in [-0.2, -0.15) is 0 Å². The molecule has 0 atom stereocenters. The molecular formula is C20H31N3O2. The largest absolute Gasteiger partial charge is 0.381 e. The van der Waals surface area contributed by atoms with Crippen molar-refractivity contribution in [3.05, 3.63) is 29.8 Å². The van der Waals surface area contributed by atoms with Crippen molar-refractivity contribution in [2.24, 2.45) is 0 Å². The number of hydrogen-bond acceptors (Lipinski definition) is 4. The molecule has 1 aromatic carbocycles. The fraction of sp³-hybridized carbons (Fsp3) is 0.650. The predicted molar refractivity (Wildman–Crippen MR) is 101 cm³/mol. The van der Waals surface area contributed by atoms with E-state index < -0.39 is 0 Å². The van der Waals surface area contributed by atoms with Gasteiger partial charge in [0, 0.05) is 51.5 Å². The van der Waals surface area contributed by atoms with E-state index in [9.17, 15) is 4.79 Å². The van der Waals surface area contributed by atoms with Gasteiger partial charge in [0.15, 0.2) is 0 Å². The lowest BCUT2D eigenvalue weighted by atomic mass is 10.1. The Morgan fingerprint density at radius 2 is 1.88 bits per heavy atom. The van der Waals surface area contributed by atoms with E-state index in [1.54, 1.807) is 6.92 Å². The second-order valence-corrected chi connectivity index (χ2v) is 7.06. The van der Waals surface area contributed by atoms with Crippen LogP contribution in [0.5, 0.6) is 0 Å². The minimum atomic E-state index is 0.127. The number of carbonyl (C=O) groups excluding carboxylic acids is 1. The highest BCUT2D eigenvalue weighted by molar-refractivity contribution is 5.92. The fourth-order valence-electron chi connectivity index (χ4n) is 3.96. The summed E-state index contributed by atoms with van der Waals surface area (Å²) in [6.07, 6.45) is 4.44. The summed E-state index contributed by atoms with van der Waals surface area (Å²) >= 11 is 0. The van der Waals surface area contributed by atoms with Gasteiger partial charge >= 0.3 is 0 Å². The van der Waals surface area contributed by atoms with E-state index in [0.29, 0.717) is 6.04 Å². The molecule has 1 fully saturated rings. The standard InChI is InChI=1S/C20H31N3O2/c1-17(24)23-13-5-12-22(19-8-14-25-15-9-19)11-4-10-21-16-18-6-2-3-7-20(18)23/h2-3,6-7,19,21H,4-5,8-16H2,1H3. The third-order valence-corrected chi connectivity index (χ3v) is 5.31. The van der Waals surface area contributed by atoms with E-state index in [0.717, 1.165) is 77.3 Å². The molecule has 2 aliphatic heterocycles. The van der Waals surface area contributed by atoms with Crippen molar-refractivity contribution >= 4 is 11.6 Å². The van der Waals surface area contributed by atoms with Crippen LogP contribution < -0.4 is 10.2 Å². The number of nitrogens with zero attached hydrogens (tertiary/aromatic N) is 2. The molecule has 0 aromatic heterocycles. The second-order valence-electron chi connectivity index (χ2n) is 7.06. The van der Waals surface area contributed by atoms with Crippen molar-refractivity contribution in [2.75, 3.05) is 44.3 Å². The molecule has 1 amide bonds. The van der Waals surface area contributed by atoms with Gasteiger partial charge in [-0.3, -0.25) is 4.79 Å². The van der Waals surface area contributed by atoms with Gasteiger partial charge in [0.05, 0.1) is 0 Å². The molecule has 25 heavy (non-hydrogen) atoms. The van der Waals surface area contributed by atoms with Gasteiger partial charge in [0.2, 0.25) is 5.91 Å². The van der Waals surface area contributed by atoms with E-state index >= 15 is 0 Å². The molecule has 2 heterocycles. The smallest absolute Gasteiger partial charge is 0.223 e. The van der Waals surface area contributed by atoms with Gasteiger partial charge < -0.3 is 19.9 Å². The van der Waals surface area contributed by atoms with E-state index in [-0.39, 0.29) is 5.91 Å². The van der Waals surface area contributed by atoms with E-state index in [1.807, 2.05) is 11.0 Å². The number of carbonyl (C=O) groups is 1. The molecule has 0 spiro atoms. The minimum Gasteiger partial charge on any atom is -0.381 e. The maximum atomic E-state index is 12.2. The molecule has 5 heteroatoms. The number of anilines is 1. The maximum absolute atomic E-state index is 12.2. The van der Waals surface area contributed by atoms with Crippen molar-refractivity contribution < 1.29 is 9.53 Å². The Bertz CT molecular complexity index is 558. The first-order valence-corrected chi connectivity index (χ1v) is 9.64. The maximum Gasteiger partial charge on any atom is 0.223 e. The number of benzene rings is 1. The summed E-state index contributed by atoms with van der Waals surface area (Å²) in [6, 6.07) is 8.90. The highest BCUT2D eigenvalue weighted by Crippen LogP contribution is 2.22. The summed E-state index contributed by atoms with van der Waals surface area (Å²) in [7, 11) is 0. The number of para-hydroxylation sites is 1. The molecule has 0 aliphatic carbocycles. The summed E-state index contributed by atoms with van der Waals surface area (Å²) in [5.74, 6) is 0.127. The molecule has 0 saturated carbocycles. The molecule has 2 aliphatic rings. The van der Waals surface area contributed by atoms with Gasteiger partial charge in [-0.05, 0) is 50.4 Å². The van der Waals surface area contributed by atoms with Crippen molar-refractivity contribution in [2.45, 2.75) is 45.2 Å². The number of amides is 1. The van der Waals surface area contributed by atoms with E-state index in [1.165, 1.54) is 5.56 Å². The molecule has 1 saturated heterocycles. The summed E-state index contributed by atoms with van der Waals surface area (Å²) in [5.41, 5.74) is 2.26. The lowest BCUT2D eigenvalue weighted by Gasteiger charge is -2.35. The highest BCUT2D eigenvalue weighted by Gasteiger charge is 2.22. The van der Waals surface area contributed by atoms with Gasteiger partial charge in [0.1, 0.15) is 0 Å². The molecule has 1 N–H and O–H groups in total. The first-order valence-electron chi connectivity index (χ1n) is 9.64. The van der Waals surface area contributed by atoms with Gasteiger partial charge in [-0.25, -0.2) is 0 Å². The Kier molecular flexibility index (Phi) is 6.84. The van der Waals surface area contributed by atoms with Crippen LogP contribution >= 0.6 is 0 Å². The highest BCUT2D eigenvalue weighted by atomic mass is 16.5. The van der Waals surface area contributed by atoms with Crippen LogP contribution in [0.15, 0.2) is 24.3 Å².